The van der Waals surface area contributed by atoms with Gasteiger partial charge in [0.25, 0.3) is 10.1 Å². The first-order valence-corrected chi connectivity index (χ1v) is 3.72. The first-order valence-electron chi connectivity index (χ1n) is 2.21. The molecular formula is C4H7FO3S. The van der Waals surface area contributed by atoms with Gasteiger partial charge in [0.15, 0.2) is 0 Å². The summed E-state index contributed by atoms with van der Waals surface area (Å²) < 4.78 is 39.5. The third-order valence-electron chi connectivity index (χ3n) is 0.814. The van der Waals surface area contributed by atoms with Gasteiger partial charge in [-0.25, -0.2) is 4.39 Å². The van der Waals surface area contributed by atoms with E-state index in [1.54, 1.807) is 0 Å². The van der Waals surface area contributed by atoms with Crippen molar-refractivity contribution in [1.82, 2.24) is 0 Å². The Bertz CT molecular complexity index is 194. The highest BCUT2D eigenvalue weighted by molar-refractivity contribution is 7.86. The molecule has 3 nitrogen and oxygen atoms in total. The summed E-state index contributed by atoms with van der Waals surface area (Å²) in [6.07, 6.45) is 0.827. The van der Waals surface area contributed by atoms with Crippen LogP contribution in [0, 0.1) is 0 Å². The molecule has 0 aromatic heterocycles. The fraction of sp³-hybridized carbons (Fsp3) is 0.500. The molecule has 0 rings (SSSR count). The fourth-order valence-corrected chi connectivity index (χ4v) is 0.460. The van der Waals surface area contributed by atoms with Crippen molar-refractivity contribution in [3.63, 3.8) is 0 Å². The normalized spacial score (nSPS) is 16.3. The van der Waals surface area contributed by atoms with Crippen molar-refractivity contribution >= 4 is 10.1 Å². The molecule has 5 heteroatoms. The molecule has 1 atom stereocenters. The van der Waals surface area contributed by atoms with E-state index in [9.17, 15) is 12.8 Å². The smallest absolute Gasteiger partial charge is 0.271 e. The standard InChI is InChI=1S/C4H7FO3S/c1-4(2-3-5)9(6,7)8/h2-4H,1H3,(H,6,7,8). The molecule has 0 aliphatic heterocycles. The molecule has 1 N–H and O–H groups in total. The molecule has 0 fully saturated rings. The Labute approximate surface area is 52.9 Å². The highest BCUT2D eigenvalue weighted by Gasteiger charge is 2.12. The second-order valence-corrected chi connectivity index (χ2v) is 3.31. The Morgan fingerprint density at radius 2 is 2.11 bits per heavy atom. The van der Waals surface area contributed by atoms with E-state index in [4.69, 9.17) is 4.55 Å². The van der Waals surface area contributed by atoms with E-state index in [0.29, 0.717) is 0 Å². The zero-order valence-electron chi connectivity index (χ0n) is 4.78. The SMILES string of the molecule is CC(C=CF)S(=O)(=O)O. The van der Waals surface area contributed by atoms with Gasteiger partial charge in [-0.15, -0.1) is 0 Å². The number of hydrogen-bond donors (Lipinski definition) is 1. The molecule has 9 heavy (non-hydrogen) atoms. The van der Waals surface area contributed by atoms with Crippen molar-refractivity contribution in [2.75, 3.05) is 0 Å². The first-order chi connectivity index (χ1) is 3.98. The quantitative estimate of drug-likeness (QED) is 0.597. The Morgan fingerprint density at radius 1 is 1.67 bits per heavy atom. The van der Waals surface area contributed by atoms with E-state index in [2.05, 4.69) is 0 Å². The summed E-state index contributed by atoms with van der Waals surface area (Å²) in [4.78, 5) is 0. The van der Waals surface area contributed by atoms with Gasteiger partial charge in [-0.2, -0.15) is 8.42 Å². The molecule has 0 amide bonds. The van der Waals surface area contributed by atoms with E-state index in [1.807, 2.05) is 0 Å². The lowest BCUT2D eigenvalue weighted by molar-refractivity contribution is 0.477. The minimum Gasteiger partial charge on any atom is -0.285 e. The minimum absolute atomic E-state index is 0.0818. The van der Waals surface area contributed by atoms with E-state index < -0.39 is 15.4 Å². The van der Waals surface area contributed by atoms with E-state index in [1.165, 1.54) is 6.92 Å². The third-order valence-corrected chi connectivity index (χ3v) is 1.91. The van der Waals surface area contributed by atoms with Crippen LogP contribution in [0.5, 0.6) is 0 Å². The van der Waals surface area contributed by atoms with Gasteiger partial charge >= 0.3 is 0 Å². The van der Waals surface area contributed by atoms with Crippen molar-refractivity contribution in [3.05, 3.63) is 12.4 Å². The van der Waals surface area contributed by atoms with Gasteiger partial charge in [0.2, 0.25) is 0 Å². The molecule has 0 aliphatic carbocycles. The van der Waals surface area contributed by atoms with Crippen molar-refractivity contribution in [2.45, 2.75) is 12.2 Å². The molecule has 0 aliphatic rings. The predicted octanol–water partition coefficient (Wildman–Crippen LogP) is 0.746. The van der Waals surface area contributed by atoms with E-state index >= 15 is 0 Å². The average molecular weight is 154 g/mol. The van der Waals surface area contributed by atoms with Crippen LogP contribution >= 0.6 is 0 Å². The van der Waals surface area contributed by atoms with Crippen LogP contribution in [-0.2, 0) is 10.1 Å². The lowest BCUT2D eigenvalue weighted by Gasteiger charge is -1.97. The number of halogens is 1. The van der Waals surface area contributed by atoms with Crippen LogP contribution in [0.2, 0.25) is 0 Å². The second-order valence-electron chi connectivity index (χ2n) is 1.54. The third kappa shape index (κ3) is 3.21. The van der Waals surface area contributed by atoms with Crippen molar-refractivity contribution in [2.24, 2.45) is 0 Å². The van der Waals surface area contributed by atoms with Crippen LogP contribution in [0.1, 0.15) is 6.92 Å². The molecule has 0 heterocycles. The molecule has 0 aromatic carbocycles. The summed E-state index contributed by atoms with van der Waals surface area (Å²) in [5.41, 5.74) is 0. The largest absolute Gasteiger partial charge is 0.285 e. The molecule has 0 saturated carbocycles. The first kappa shape index (κ1) is 8.58. The fourth-order valence-electron chi connectivity index (χ4n) is 0.202. The van der Waals surface area contributed by atoms with Gasteiger partial charge in [-0.05, 0) is 13.0 Å². The zero-order valence-corrected chi connectivity index (χ0v) is 5.60. The summed E-state index contributed by atoms with van der Waals surface area (Å²) >= 11 is 0. The summed E-state index contributed by atoms with van der Waals surface area (Å²) in [6, 6.07) is 0. The maximum atomic E-state index is 11.2. The topological polar surface area (TPSA) is 54.4 Å². The van der Waals surface area contributed by atoms with Gasteiger partial charge in [0.1, 0.15) is 5.25 Å². The summed E-state index contributed by atoms with van der Waals surface area (Å²) in [5, 5.41) is -1.16. The molecule has 0 saturated heterocycles. The highest BCUT2D eigenvalue weighted by Crippen LogP contribution is 1.98. The second kappa shape index (κ2) is 2.93. The molecule has 0 spiro atoms. The van der Waals surface area contributed by atoms with Crippen LogP contribution in [0.15, 0.2) is 12.4 Å². The van der Waals surface area contributed by atoms with Gasteiger partial charge in [-0.1, -0.05) is 0 Å². The van der Waals surface area contributed by atoms with Crippen LogP contribution < -0.4 is 0 Å². The van der Waals surface area contributed by atoms with Gasteiger partial charge in [-0.3, -0.25) is 4.55 Å². The molecule has 54 valence electrons. The Balaban J connectivity index is 4.24. The van der Waals surface area contributed by atoms with Crippen LogP contribution in [0.3, 0.4) is 0 Å². The van der Waals surface area contributed by atoms with Gasteiger partial charge in [0.05, 0.1) is 6.33 Å². The Hall–Kier alpha value is -0.420. The van der Waals surface area contributed by atoms with Gasteiger partial charge in [0, 0.05) is 0 Å². The predicted molar refractivity (Wildman–Crippen MR) is 31.3 cm³/mol. The van der Waals surface area contributed by atoms with E-state index in [-0.39, 0.29) is 6.33 Å². The molecule has 0 aromatic rings. The average Bonchev–Trinajstić information content (AvgIpc) is 1.64. The molecule has 1 unspecified atom stereocenters. The summed E-state index contributed by atoms with van der Waals surface area (Å²) in [6.45, 7) is 1.17. The molecular weight excluding hydrogens is 147 g/mol. The monoisotopic (exact) mass is 154 g/mol. The van der Waals surface area contributed by atoms with Crippen LogP contribution in [0.4, 0.5) is 4.39 Å². The van der Waals surface area contributed by atoms with Crippen LogP contribution in [-0.4, -0.2) is 18.2 Å². The lowest BCUT2D eigenvalue weighted by atomic mass is 10.5. The molecule has 0 bridgehead atoms. The maximum Gasteiger partial charge on any atom is 0.271 e. The lowest BCUT2D eigenvalue weighted by Crippen LogP contribution is -2.12. The highest BCUT2D eigenvalue weighted by atomic mass is 32.2. The number of rotatable bonds is 2. The minimum atomic E-state index is -4.09. The van der Waals surface area contributed by atoms with Crippen LogP contribution in [0.25, 0.3) is 0 Å². The zero-order chi connectivity index (χ0) is 7.49. The number of hydrogen-bond acceptors (Lipinski definition) is 2. The summed E-state index contributed by atoms with van der Waals surface area (Å²) in [5.74, 6) is 0. The Morgan fingerprint density at radius 3 is 2.22 bits per heavy atom. The van der Waals surface area contributed by atoms with Crippen molar-refractivity contribution < 1.29 is 17.4 Å². The maximum absolute atomic E-state index is 11.2. The van der Waals surface area contributed by atoms with Gasteiger partial charge < -0.3 is 0 Å². The summed E-state index contributed by atoms with van der Waals surface area (Å²) in [7, 11) is -4.09. The van der Waals surface area contributed by atoms with Crippen molar-refractivity contribution in [3.8, 4) is 0 Å². The van der Waals surface area contributed by atoms with Crippen molar-refractivity contribution in [1.29, 1.82) is 0 Å². The molecule has 0 radical (unpaired) electrons. The Kier molecular flexibility index (Phi) is 2.80. The van der Waals surface area contributed by atoms with E-state index in [0.717, 1.165) is 6.08 Å².